The molecule has 0 aliphatic heterocycles. The minimum atomic E-state index is -4.25. The number of methoxy groups -OCH3 is 1. The number of aliphatic hydroxyl groups is 1. The van der Waals surface area contributed by atoms with Gasteiger partial charge in [0.2, 0.25) is 5.91 Å². The van der Waals surface area contributed by atoms with Crippen LogP contribution in [0.3, 0.4) is 0 Å². The van der Waals surface area contributed by atoms with E-state index in [1.165, 1.54) is 43.5 Å². The highest BCUT2D eigenvalue weighted by atomic mass is 32.2. The van der Waals surface area contributed by atoms with Gasteiger partial charge in [0, 0.05) is 0 Å². The number of benzene rings is 2. The van der Waals surface area contributed by atoms with Gasteiger partial charge in [-0.05, 0) is 36.8 Å². The molecule has 0 radical (unpaired) electrons. The van der Waals surface area contributed by atoms with Crippen molar-refractivity contribution in [2.75, 3.05) is 7.11 Å². The molecule has 2 atom stereocenters. The first kappa shape index (κ1) is 18.0. The lowest BCUT2D eigenvalue weighted by atomic mass is 9.96. The maximum Gasteiger partial charge on any atom is 0.242 e. The Morgan fingerprint density at radius 1 is 1.12 bits per heavy atom. The Morgan fingerprint density at radius 2 is 1.67 bits per heavy atom. The van der Waals surface area contributed by atoms with E-state index in [1.54, 1.807) is 18.2 Å². The Balaban J connectivity index is 2.57. The van der Waals surface area contributed by atoms with Crippen molar-refractivity contribution in [3.05, 3.63) is 60.2 Å². The number of primary amides is 1. The highest BCUT2D eigenvalue weighted by molar-refractivity contribution is 7.93. The Bertz CT molecular complexity index is 818. The summed E-state index contributed by atoms with van der Waals surface area (Å²) in [4.78, 5) is 11.9. The van der Waals surface area contributed by atoms with E-state index in [1.807, 2.05) is 0 Å². The molecule has 1 amide bonds. The highest BCUT2D eigenvalue weighted by Gasteiger charge is 2.52. The fraction of sp³-hybridized carbons (Fsp3) is 0.235. The SMILES string of the molecule is COc1ccc(S(=O)(=O)C(C)(C(N)=O)C(O)c2ccccc2)cc1. The van der Waals surface area contributed by atoms with Gasteiger partial charge >= 0.3 is 0 Å². The first-order valence-electron chi connectivity index (χ1n) is 7.16. The molecular weight excluding hydrogens is 330 g/mol. The number of amides is 1. The standard InChI is InChI=1S/C17H19NO5S/c1-17(16(18)20,15(19)12-6-4-3-5-7-12)24(21,22)14-10-8-13(23-2)9-11-14/h3-11,15,19H,1-2H3,(H2,18,20). The smallest absolute Gasteiger partial charge is 0.242 e. The highest BCUT2D eigenvalue weighted by Crippen LogP contribution is 2.37. The van der Waals surface area contributed by atoms with Gasteiger partial charge in [0.15, 0.2) is 14.6 Å². The summed E-state index contributed by atoms with van der Waals surface area (Å²) in [6.07, 6.45) is -1.61. The molecule has 0 saturated heterocycles. The van der Waals surface area contributed by atoms with E-state index in [2.05, 4.69) is 0 Å². The number of hydrogen-bond donors (Lipinski definition) is 2. The predicted octanol–water partition coefficient (Wildman–Crippen LogP) is 1.45. The fourth-order valence-electron chi connectivity index (χ4n) is 2.37. The Kier molecular flexibility index (Phi) is 4.96. The first-order valence-corrected chi connectivity index (χ1v) is 8.65. The molecule has 0 spiro atoms. The average Bonchev–Trinajstić information content (AvgIpc) is 2.60. The lowest BCUT2D eigenvalue weighted by molar-refractivity contribution is -0.123. The van der Waals surface area contributed by atoms with Crippen LogP contribution < -0.4 is 10.5 Å². The van der Waals surface area contributed by atoms with Crippen LogP contribution in [0.25, 0.3) is 0 Å². The summed E-state index contributed by atoms with van der Waals surface area (Å²) in [6, 6.07) is 13.6. The van der Waals surface area contributed by atoms with Crippen LogP contribution in [-0.4, -0.2) is 31.3 Å². The topological polar surface area (TPSA) is 107 Å². The number of nitrogens with two attached hydrogens (primary N) is 1. The maximum absolute atomic E-state index is 13.0. The Hall–Kier alpha value is -2.38. The van der Waals surface area contributed by atoms with Crippen LogP contribution in [0.2, 0.25) is 0 Å². The van der Waals surface area contributed by atoms with Crippen LogP contribution in [0.1, 0.15) is 18.6 Å². The van der Waals surface area contributed by atoms with E-state index in [-0.39, 0.29) is 10.5 Å². The van der Waals surface area contributed by atoms with Gasteiger partial charge in [-0.2, -0.15) is 0 Å². The van der Waals surface area contributed by atoms with Crippen molar-refractivity contribution in [3.8, 4) is 5.75 Å². The molecule has 2 aromatic carbocycles. The fourth-order valence-corrected chi connectivity index (χ4v) is 4.05. The molecule has 0 heterocycles. The van der Waals surface area contributed by atoms with Crippen molar-refractivity contribution in [2.24, 2.45) is 5.73 Å². The zero-order valence-corrected chi connectivity index (χ0v) is 14.2. The van der Waals surface area contributed by atoms with Crippen LogP contribution in [0.15, 0.2) is 59.5 Å². The minimum absolute atomic E-state index is 0.125. The molecule has 24 heavy (non-hydrogen) atoms. The van der Waals surface area contributed by atoms with Crippen LogP contribution in [0, 0.1) is 0 Å². The molecule has 0 bridgehead atoms. The average molecular weight is 349 g/mol. The third-order valence-corrected chi connectivity index (χ3v) is 6.49. The van der Waals surface area contributed by atoms with Gasteiger partial charge in [0.05, 0.1) is 12.0 Å². The van der Waals surface area contributed by atoms with E-state index in [0.717, 1.165) is 6.92 Å². The summed E-state index contributed by atoms with van der Waals surface area (Å²) in [5.74, 6) is -0.659. The summed E-state index contributed by atoms with van der Waals surface area (Å²) < 4.78 is 28.8. The number of rotatable bonds is 6. The molecule has 0 aliphatic rings. The van der Waals surface area contributed by atoms with E-state index < -0.39 is 26.6 Å². The molecule has 0 aromatic heterocycles. The number of ether oxygens (including phenoxy) is 1. The zero-order valence-electron chi connectivity index (χ0n) is 13.3. The predicted molar refractivity (Wildman–Crippen MR) is 89.2 cm³/mol. The molecule has 2 unspecified atom stereocenters. The van der Waals surface area contributed by atoms with Crippen LogP contribution in [-0.2, 0) is 14.6 Å². The summed E-state index contributed by atoms with van der Waals surface area (Å²) >= 11 is 0. The minimum Gasteiger partial charge on any atom is -0.497 e. The molecule has 6 nitrogen and oxygen atoms in total. The molecule has 0 saturated carbocycles. The molecular formula is C17H19NO5S. The summed E-state index contributed by atoms with van der Waals surface area (Å²) in [5.41, 5.74) is 5.67. The number of hydrogen-bond acceptors (Lipinski definition) is 5. The van der Waals surface area contributed by atoms with Gasteiger partial charge in [-0.3, -0.25) is 4.79 Å². The number of aliphatic hydroxyl groups excluding tert-OH is 1. The Labute approximate surface area is 140 Å². The quantitative estimate of drug-likeness (QED) is 0.821. The van der Waals surface area contributed by atoms with Gasteiger partial charge in [-0.1, -0.05) is 30.3 Å². The normalized spacial score (nSPS) is 15.3. The van der Waals surface area contributed by atoms with Gasteiger partial charge in [0.25, 0.3) is 0 Å². The third-order valence-electron chi connectivity index (χ3n) is 4.05. The van der Waals surface area contributed by atoms with Crippen molar-refractivity contribution in [1.29, 1.82) is 0 Å². The van der Waals surface area contributed by atoms with Crippen LogP contribution in [0.4, 0.5) is 0 Å². The second-order valence-electron chi connectivity index (χ2n) is 5.46. The molecule has 2 rings (SSSR count). The van der Waals surface area contributed by atoms with E-state index >= 15 is 0 Å². The summed E-state index contributed by atoms with van der Waals surface area (Å²) in [7, 11) is -2.80. The van der Waals surface area contributed by atoms with Gasteiger partial charge in [-0.15, -0.1) is 0 Å². The molecule has 3 N–H and O–H groups in total. The molecule has 128 valence electrons. The van der Waals surface area contributed by atoms with Gasteiger partial charge in [-0.25, -0.2) is 8.42 Å². The number of carbonyl (C=O) groups excluding carboxylic acids is 1. The monoisotopic (exact) mass is 349 g/mol. The van der Waals surface area contributed by atoms with E-state index in [0.29, 0.717) is 5.75 Å². The van der Waals surface area contributed by atoms with Gasteiger partial charge < -0.3 is 15.6 Å². The lowest BCUT2D eigenvalue weighted by Crippen LogP contribution is -2.52. The van der Waals surface area contributed by atoms with E-state index in [4.69, 9.17) is 10.5 Å². The van der Waals surface area contributed by atoms with Crippen molar-refractivity contribution in [1.82, 2.24) is 0 Å². The zero-order chi connectivity index (χ0) is 18.0. The lowest BCUT2D eigenvalue weighted by Gasteiger charge is -2.31. The largest absolute Gasteiger partial charge is 0.497 e. The molecule has 2 aromatic rings. The molecule has 7 heteroatoms. The number of carbonyl (C=O) groups is 1. The maximum atomic E-state index is 13.0. The molecule has 0 fully saturated rings. The second kappa shape index (κ2) is 6.62. The van der Waals surface area contributed by atoms with Crippen molar-refractivity contribution in [3.63, 3.8) is 0 Å². The second-order valence-corrected chi connectivity index (χ2v) is 7.79. The first-order chi connectivity index (χ1) is 11.2. The Morgan fingerprint density at radius 3 is 2.12 bits per heavy atom. The van der Waals surface area contributed by atoms with E-state index in [9.17, 15) is 18.3 Å². The van der Waals surface area contributed by atoms with Crippen molar-refractivity contribution in [2.45, 2.75) is 22.7 Å². The van der Waals surface area contributed by atoms with Crippen LogP contribution in [0.5, 0.6) is 5.75 Å². The third kappa shape index (κ3) is 2.88. The number of sulfone groups is 1. The van der Waals surface area contributed by atoms with Gasteiger partial charge in [0.1, 0.15) is 11.9 Å². The summed E-state index contributed by atoms with van der Waals surface area (Å²) in [5, 5.41) is 10.6. The van der Waals surface area contributed by atoms with Crippen molar-refractivity contribution < 1.29 is 23.1 Å². The van der Waals surface area contributed by atoms with Crippen LogP contribution >= 0.6 is 0 Å². The summed E-state index contributed by atoms with van der Waals surface area (Å²) in [6.45, 7) is 1.13. The van der Waals surface area contributed by atoms with Crippen molar-refractivity contribution >= 4 is 15.7 Å². The molecule has 0 aliphatic carbocycles.